The van der Waals surface area contributed by atoms with E-state index in [1.165, 1.54) is 11.1 Å². The van der Waals surface area contributed by atoms with Crippen LogP contribution in [0.3, 0.4) is 0 Å². The van der Waals surface area contributed by atoms with Crippen molar-refractivity contribution >= 4 is 5.91 Å². The number of hydrogen-bond acceptors (Lipinski definition) is 5. The largest absolute Gasteiger partial charge is 0.492 e. The highest BCUT2D eigenvalue weighted by molar-refractivity contribution is 5.73. The van der Waals surface area contributed by atoms with Gasteiger partial charge in [0.1, 0.15) is 23.7 Å². The number of piperidine rings is 1. The minimum atomic E-state index is -0.130. The van der Waals surface area contributed by atoms with Crippen molar-refractivity contribution in [3.05, 3.63) is 41.7 Å². The van der Waals surface area contributed by atoms with Crippen molar-refractivity contribution in [2.75, 3.05) is 26.2 Å². The van der Waals surface area contributed by atoms with E-state index in [0.717, 1.165) is 63.4 Å². The Morgan fingerprint density at radius 3 is 2.87 bits per heavy atom. The molecule has 7 heteroatoms. The van der Waals surface area contributed by atoms with Crippen LogP contribution in [0.5, 0.6) is 11.5 Å². The number of benzene rings is 1. The van der Waals surface area contributed by atoms with E-state index in [9.17, 15) is 4.79 Å². The zero-order valence-electron chi connectivity index (χ0n) is 17.8. The number of carbonyl (C=O) groups excluding carboxylic acids is 1. The van der Waals surface area contributed by atoms with E-state index in [1.807, 2.05) is 22.8 Å². The Balaban J connectivity index is 1.16. The van der Waals surface area contributed by atoms with Crippen LogP contribution < -0.4 is 9.47 Å². The van der Waals surface area contributed by atoms with E-state index in [4.69, 9.17) is 9.47 Å². The summed E-state index contributed by atoms with van der Waals surface area (Å²) in [7, 11) is 1.95. The van der Waals surface area contributed by atoms with E-state index in [-0.39, 0.29) is 11.5 Å². The van der Waals surface area contributed by atoms with Gasteiger partial charge in [-0.15, -0.1) is 0 Å². The van der Waals surface area contributed by atoms with E-state index >= 15 is 0 Å². The Morgan fingerprint density at radius 1 is 1.30 bits per heavy atom. The molecular weight excluding hydrogens is 380 g/mol. The predicted molar refractivity (Wildman–Crippen MR) is 113 cm³/mol. The van der Waals surface area contributed by atoms with Crippen LogP contribution in [0.15, 0.2) is 30.6 Å². The Hall–Kier alpha value is -2.54. The smallest absolute Gasteiger partial charge is 0.219 e. The molecule has 30 heavy (non-hydrogen) atoms. The number of rotatable bonds is 5. The maximum atomic E-state index is 11.6. The van der Waals surface area contributed by atoms with Gasteiger partial charge in [-0.2, -0.15) is 5.10 Å². The van der Waals surface area contributed by atoms with Crippen LogP contribution in [0.2, 0.25) is 0 Å². The third-order valence-corrected chi connectivity index (χ3v) is 6.75. The second kappa shape index (κ2) is 7.61. The molecule has 0 aliphatic carbocycles. The Kier molecular flexibility index (Phi) is 4.93. The molecule has 2 unspecified atom stereocenters. The lowest BCUT2D eigenvalue weighted by Crippen LogP contribution is -2.50. The maximum Gasteiger partial charge on any atom is 0.219 e. The summed E-state index contributed by atoms with van der Waals surface area (Å²) in [5.41, 5.74) is 2.36. The Labute approximate surface area is 177 Å². The molecule has 4 heterocycles. The highest BCUT2D eigenvalue weighted by atomic mass is 16.5. The molecule has 2 atom stereocenters. The quantitative estimate of drug-likeness (QED) is 0.709. The fourth-order valence-corrected chi connectivity index (χ4v) is 4.71. The fourth-order valence-electron chi connectivity index (χ4n) is 4.71. The van der Waals surface area contributed by atoms with Crippen molar-refractivity contribution < 1.29 is 14.3 Å². The lowest BCUT2D eigenvalue weighted by Gasteiger charge is -2.44. The summed E-state index contributed by atoms with van der Waals surface area (Å²) in [6, 6.07) is 6.72. The molecule has 0 saturated carbocycles. The van der Waals surface area contributed by atoms with Crippen molar-refractivity contribution in [3.8, 4) is 11.5 Å². The summed E-state index contributed by atoms with van der Waals surface area (Å²) in [5.74, 6) is 1.99. The van der Waals surface area contributed by atoms with Gasteiger partial charge in [-0.1, -0.05) is 6.07 Å². The Morgan fingerprint density at radius 2 is 2.13 bits per heavy atom. The van der Waals surface area contributed by atoms with E-state index in [1.54, 1.807) is 6.92 Å². The fraction of sp³-hybridized carbons (Fsp3) is 0.565. The molecule has 5 rings (SSSR count). The monoisotopic (exact) mass is 410 g/mol. The third-order valence-electron chi connectivity index (χ3n) is 6.75. The van der Waals surface area contributed by atoms with E-state index in [0.29, 0.717) is 12.6 Å². The normalized spacial score (nSPS) is 24.3. The molecule has 0 radical (unpaired) electrons. The Bertz CT molecular complexity index is 932. The number of hydrogen-bond donors (Lipinski definition) is 0. The number of fused-ring (bicyclic) bond motifs is 1. The van der Waals surface area contributed by atoms with Gasteiger partial charge in [0.05, 0.1) is 12.2 Å². The van der Waals surface area contributed by atoms with Gasteiger partial charge in [0.2, 0.25) is 5.91 Å². The first-order chi connectivity index (χ1) is 14.5. The highest BCUT2D eigenvalue weighted by Gasteiger charge is 2.40. The van der Waals surface area contributed by atoms with Crippen LogP contribution in [0.4, 0.5) is 0 Å². The molecule has 0 N–H and O–H groups in total. The van der Waals surface area contributed by atoms with Gasteiger partial charge in [-0.25, -0.2) is 0 Å². The van der Waals surface area contributed by atoms with Crippen molar-refractivity contribution in [2.45, 2.75) is 50.8 Å². The first-order valence-electron chi connectivity index (χ1n) is 10.9. The SMILES string of the molecule is CC(=O)N1CCC2(CCc3ccc(OCC4CN4Cc4cnn(C)c4)cc3O2)CC1. The average Bonchev–Trinajstić information content (AvgIpc) is 3.35. The minimum absolute atomic E-state index is 0.130. The third kappa shape index (κ3) is 4.03. The summed E-state index contributed by atoms with van der Waals surface area (Å²) in [6.45, 7) is 5.90. The summed E-state index contributed by atoms with van der Waals surface area (Å²) >= 11 is 0. The summed E-state index contributed by atoms with van der Waals surface area (Å²) in [4.78, 5) is 16.0. The first-order valence-corrected chi connectivity index (χ1v) is 10.9. The number of ether oxygens (including phenoxy) is 2. The average molecular weight is 411 g/mol. The zero-order chi connectivity index (χ0) is 20.7. The van der Waals surface area contributed by atoms with Gasteiger partial charge in [-0.3, -0.25) is 14.4 Å². The van der Waals surface area contributed by atoms with Gasteiger partial charge in [0, 0.05) is 70.8 Å². The minimum Gasteiger partial charge on any atom is -0.492 e. The molecule has 2 saturated heterocycles. The molecule has 1 amide bonds. The van der Waals surface area contributed by atoms with Crippen molar-refractivity contribution in [2.24, 2.45) is 7.05 Å². The van der Waals surface area contributed by atoms with Crippen LogP contribution in [0.1, 0.15) is 37.3 Å². The molecule has 160 valence electrons. The predicted octanol–water partition coefficient (Wildman–Crippen LogP) is 2.39. The number of carbonyl (C=O) groups is 1. The summed E-state index contributed by atoms with van der Waals surface area (Å²) in [5, 5.41) is 4.23. The van der Waals surface area contributed by atoms with Crippen LogP contribution >= 0.6 is 0 Å². The van der Waals surface area contributed by atoms with Gasteiger partial charge in [0.25, 0.3) is 0 Å². The second-order valence-electron chi connectivity index (χ2n) is 8.98. The molecule has 0 bridgehead atoms. The van der Waals surface area contributed by atoms with Crippen LogP contribution in [-0.2, 0) is 24.8 Å². The lowest BCUT2D eigenvalue weighted by molar-refractivity contribution is -0.132. The number of aromatic nitrogens is 2. The van der Waals surface area contributed by atoms with Crippen LogP contribution in [-0.4, -0.2) is 63.4 Å². The maximum absolute atomic E-state index is 11.6. The van der Waals surface area contributed by atoms with E-state index < -0.39 is 0 Å². The van der Waals surface area contributed by atoms with Crippen molar-refractivity contribution in [1.29, 1.82) is 0 Å². The van der Waals surface area contributed by atoms with E-state index in [2.05, 4.69) is 34.4 Å². The molecule has 2 aromatic rings. The molecule has 1 aromatic heterocycles. The molecule has 1 aromatic carbocycles. The second-order valence-corrected chi connectivity index (χ2v) is 8.98. The standard InChI is InChI=1S/C23H30N4O3/c1-17(28)26-9-7-23(8-10-26)6-5-19-3-4-21(11-22(19)30-23)29-16-20-15-27(20)14-18-12-24-25(2)13-18/h3-4,11-13,20H,5-10,14-16H2,1-2H3. The topological polar surface area (TPSA) is 59.6 Å². The summed E-state index contributed by atoms with van der Waals surface area (Å²) in [6.07, 6.45) is 7.85. The van der Waals surface area contributed by atoms with Crippen LogP contribution in [0.25, 0.3) is 0 Å². The molecule has 7 nitrogen and oxygen atoms in total. The lowest BCUT2D eigenvalue weighted by atomic mass is 9.83. The molecular formula is C23H30N4O3. The number of amides is 1. The first kappa shape index (κ1) is 19.4. The highest BCUT2D eigenvalue weighted by Crippen LogP contribution is 2.41. The van der Waals surface area contributed by atoms with Gasteiger partial charge in [-0.05, 0) is 24.5 Å². The van der Waals surface area contributed by atoms with Crippen LogP contribution in [0, 0.1) is 0 Å². The van der Waals surface area contributed by atoms with Gasteiger partial charge in [0.15, 0.2) is 0 Å². The molecule has 3 aliphatic rings. The molecule has 2 fully saturated rings. The molecule has 3 aliphatic heterocycles. The number of likely N-dealkylation sites (tertiary alicyclic amines) is 1. The zero-order valence-corrected chi connectivity index (χ0v) is 17.8. The number of aryl methyl sites for hydroxylation is 2. The van der Waals surface area contributed by atoms with Gasteiger partial charge < -0.3 is 14.4 Å². The van der Waals surface area contributed by atoms with Crippen molar-refractivity contribution in [3.63, 3.8) is 0 Å². The van der Waals surface area contributed by atoms with Crippen molar-refractivity contribution in [1.82, 2.24) is 19.6 Å². The summed E-state index contributed by atoms with van der Waals surface area (Å²) < 4.78 is 14.5. The number of nitrogens with zero attached hydrogens (tertiary/aromatic N) is 4. The molecule has 1 spiro atoms. The van der Waals surface area contributed by atoms with Gasteiger partial charge >= 0.3 is 0 Å².